The van der Waals surface area contributed by atoms with Gasteiger partial charge in [0.25, 0.3) is 5.56 Å². The number of carbonyl (C=O) groups excluding carboxylic acids is 1. The minimum atomic E-state index is -0.131. The van der Waals surface area contributed by atoms with Crippen molar-refractivity contribution in [1.29, 1.82) is 0 Å². The summed E-state index contributed by atoms with van der Waals surface area (Å²) >= 11 is 0. The van der Waals surface area contributed by atoms with Crippen LogP contribution in [0.5, 0.6) is 0 Å². The van der Waals surface area contributed by atoms with Crippen molar-refractivity contribution >= 4 is 5.91 Å². The normalized spacial score (nSPS) is 10.2. The number of rotatable bonds is 3. The maximum atomic E-state index is 11.6. The number of nitrogens with one attached hydrogen (secondary N) is 2. The van der Waals surface area contributed by atoms with Gasteiger partial charge in [0.2, 0.25) is 5.91 Å². The molecule has 0 spiro atoms. The molecule has 1 heterocycles. The zero-order valence-corrected chi connectivity index (χ0v) is 8.68. The molecule has 0 saturated heterocycles. The molecule has 0 unspecified atom stereocenters. The summed E-state index contributed by atoms with van der Waals surface area (Å²) in [5.74, 6) is -0.131. The van der Waals surface area contributed by atoms with E-state index in [1.165, 1.54) is 11.6 Å². The van der Waals surface area contributed by atoms with Crippen molar-refractivity contribution in [3.05, 3.63) is 21.6 Å². The number of hydrogen-bond donors (Lipinski definition) is 2. The Morgan fingerprint density at radius 3 is 2.64 bits per heavy atom. The number of H-pyrrole nitrogens is 1. The van der Waals surface area contributed by atoms with Crippen LogP contribution < -0.4 is 10.9 Å². The molecule has 0 aliphatic heterocycles. The molecular formula is C9H15N3O2. The molecule has 1 aromatic rings. The molecule has 2 N–H and O–H groups in total. The first-order valence-electron chi connectivity index (χ1n) is 4.59. The van der Waals surface area contributed by atoms with Gasteiger partial charge >= 0.3 is 0 Å². The summed E-state index contributed by atoms with van der Waals surface area (Å²) in [5.41, 5.74) is 1.38. The van der Waals surface area contributed by atoms with Crippen LogP contribution in [0.3, 0.4) is 0 Å². The fraction of sp³-hybridized carbons (Fsp3) is 0.556. The molecule has 5 nitrogen and oxygen atoms in total. The smallest absolute Gasteiger partial charge is 0.271 e. The molecule has 78 valence electrons. The van der Waals surface area contributed by atoms with E-state index in [4.69, 9.17) is 0 Å². The van der Waals surface area contributed by atoms with E-state index >= 15 is 0 Å². The minimum absolute atomic E-state index is 0.0567. The fourth-order valence-corrected chi connectivity index (χ4v) is 1.29. The zero-order chi connectivity index (χ0) is 10.7. The molecule has 0 saturated carbocycles. The second-order valence-corrected chi connectivity index (χ2v) is 3.17. The van der Waals surface area contributed by atoms with E-state index < -0.39 is 0 Å². The van der Waals surface area contributed by atoms with Crippen LogP contribution in [0.25, 0.3) is 0 Å². The second kappa shape index (κ2) is 4.13. The topological polar surface area (TPSA) is 66.9 Å². The van der Waals surface area contributed by atoms with Crippen LogP contribution >= 0.6 is 0 Å². The van der Waals surface area contributed by atoms with Gasteiger partial charge in [-0.2, -0.15) is 0 Å². The Bertz CT molecular complexity index is 389. The highest BCUT2D eigenvalue weighted by Crippen LogP contribution is 1.98. The average Bonchev–Trinajstić information content (AvgIpc) is 2.39. The summed E-state index contributed by atoms with van der Waals surface area (Å²) in [5, 5.41) is 5.55. The molecule has 0 radical (unpaired) electrons. The van der Waals surface area contributed by atoms with E-state index in [1.54, 1.807) is 0 Å². The SMILES string of the molecule is CCn1[nH]c(C)c(CNC(C)=O)c1=O. The predicted molar refractivity (Wildman–Crippen MR) is 53.0 cm³/mol. The van der Waals surface area contributed by atoms with E-state index in [2.05, 4.69) is 10.4 Å². The van der Waals surface area contributed by atoms with Gasteiger partial charge in [-0.25, -0.2) is 0 Å². The molecule has 0 aliphatic carbocycles. The molecule has 0 bridgehead atoms. The monoisotopic (exact) mass is 197 g/mol. The number of nitrogens with zero attached hydrogens (tertiary/aromatic N) is 1. The fourth-order valence-electron chi connectivity index (χ4n) is 1.29. The van der Waals surface area contributed by atoms with Crippen LogP contribution in [0.4, 0.5) is 0 Å². The first-order valence-corrected chi connectivity index (χ1v) is 4.59. The van der Waals surface area contributed by atoms with Gasteiger partial charge in [-0.05, 0) is 13.8 Å². The van der Waals surface area contributed by atoms with Crippen LogP contribution in [0.2, 0.25) is 0 Å². The summed E-state index contributed by atoms with van der Waals surface area (Å²) in [6, 6.07) is 0. The number of amides is 1. The zero-order valence-electron chi connectivity index (χ0n) is 8.68. The number of carbonyl (C=O) groups is 1. The van der Waals surface area contributed by atoms with Crippen LogP contribution in [0.15, 0.2) is 4.79 Å². The average molecular weight is 197 g/mol. The standard InChI is InChI=1S/C9H15N3O2/c1-4-12-9(14)8(6(2)11-12)5-10-7(3)13/h11H,4-5H2,1-3H3,(H,10,13). The third-order valence-electron chi connectivity index (χ3n) is 2.09. The third kappa shape index (κ3) is 2.04. The Morgan fingerprint density at radius 2 is 2.21 bits per heavy atom. The van der Waals surface area contributed by atoms with Crippen LogP contribution in [-0.4, -0.2) is 15.7 Å². The lowest BCUT2D eigenvalue weighted by Gasteiger charge is -1.98. The Morgan fingerprint density at radius 1 is 1.57 bits per heavy atom. The van der Waals surface area contributed by atoms with E-state index in [9.17, 15) is 9.59 Å². The highest BCUT2D eigenvalue weighted by Gasteiger charge is 2.09. The quantitative estimate of drug-likeness (QED) is 0.723. The molecule has 0 aromatic carbocycles. The van der Waals surface area contributed by atoms with Crippen molar-refractivity contribution in [2.24, 2.45) is 0 Å². The Labute approximate surface area is 82.1 Å². The third-order valence-corrected chi connectivity index (χ3v) is 2.09. The molecule has 14 heavy (non-hydrogen) atoms. The van der Waals surface area contributed by atoms with Gasteiger partial charge in [0, 0.05) is 19.2 Å². The number of aromatic amines is 1. The number of aryl methyl sites for hydroxylation is 2. The summed E-state index contributed by atoms with van der Waals surface area (Å²) in [4.78, 5) is 22.3. The van der Waals surface area contributed by atoms with Crippen molar-refractivity contribution in [3.8, 4) is 0 Å². The molecule has 5 heteroatoms. The first kappa shape index (κ1) is 10.6. The largest absolute Gasteiger partial charge is 0.352 e. The Kier molecular flexibility index (Phi) is 3.11. The summed E-state index contributed by atoms with van der Waals surface area (Å²) in [7, 11) is 0. The van der Waals surface area contributed by atoms with Gasteiger partial charge in [0.15, 0.2) is 0 Å². The van der Waals surface area contributed by atoms with E-state index in [0.29, 0.717) is 18.7 Å². The van der Waals surface area contributed by atoms with Crippen molar-refractivity contribution in [2.45, 2.75) is 33.9 Å². The van der Waals surface area contributed by atoms with Gasteiger partial charge < -0.3 is 5.32 Å². The van der Waals surface area contributed by atoms with Crippen LogP contribution in [0.1, 0.15) is 25.1 Å². The van der Waals surface area contributed by atoms with Crippen molar-refractivity contribution in [3.63, 3.8) is 0 Å². The molecule has 0 fully saturated rings. The minimum Gasteiger partial charge on any atom is -0.352 e. The second-order valence-electron chi connectivity index (χ2n) is 3.17. The molecule has 1 amide bonds. The number of aromatic nitrogens is 2. The highest BCUT2D eigenvalue weighted by atomic mass is 16.1. The van der Waals surface area contributed by atoms with Gasteiger partial charge in [-0.1, -0.05) is 0 Å². The summed E-state index contributed by atoms with van der Waals surface area (Å²) in [6.07, 6.45) is 0. The summed E-state index contributed by atoms with van der Waals surface area (Å²) < 4.78 is 1.52. The van der Waals surface area contributed by atoms with Crippen molar-refractivity contribution in [1.82, 2.24) is 15.1 Å². The molecule has 1 aromatic heterocycles. The number of hydrogen-bond acceptors (Lipinski definition) is 2. The lowest BCUT2D eigenvalue weighted by atomic mass is 10.2. The molecule has 0 aliphatic rings. The van der Waals surface area contributed by atoms with Crippen LogP contribution in [0, 0.1) is 6.92 Å². The maximum absolute atomic E-state index is 11.6. The highest BCUT2D eigenvalue weighted by molar-refractivity contribution is 5.72. The van der Waals surface area contributed by atoms with Gasteiger partial charge in [0.05, 0.1) is 12.1 Å². The van der Waals surface area contributed by atoms with Crippen molar-refractivity contribution in [2.75, 3.05) is 0 Å². The lowest BCUT2D eigenvalue weighted by molar-refractivity contribution is -0.119. The maximum Gasteiger partial charge on any atom is 0.271 e. The van der Waals surface area contributed by atoms with Gasteiger partial charge in [-0.3, -0.25) is 19.4 Å². The van der Waals surface area contributed by atoms with E-state index in [1.807, 2.05) is 13.8 Å². The lowest BCUT2D eigenvalue weighted by Crippen LogP contribution is -2.25. The Hall–Kier alpha value is -1.52. The van der Waals surface area contributed by atoms with E-state index in [0.717, 1.165) is 5.69 Å². The van der Waals surface area contributed by atoms with E-state index in [-0.39, 0.29) is 11.5 Å². The predicted octanol–water partition coefficient (Wildman–Crippen LogP) is 0.141. The molecule has 0 atom stereocenters. The summed E-state index contributed by atoms with van der Waals surface area (Å²) in [6.45, 7) is 6.05. The van der Waals surface area contributed by atoms with Crippen molar-refractivity contribution < 1.29 is 4.79 Å². The molecule has 1 rings (SSSR count). The Balaban J connectivity index is 2.91. The first-order chi connectivity index (χ1) is 6.56. The van der Waals surface area contributed by atoms with Gasteiger partial charge in [0.1, 0.15) is 0 Å². The van der Waals surface area contributed by atoms with Gasteiger partial charge in [-0.15, -0.1) is 0 Å². The van der Waals surface area contributed by atoms with Crippen LogP contribution in [-0.2, 0) is 17.9 Å². The molecular weight excluding hydrogens is 182 g/mol.